The van der Waals surface area contributed by atoms with Gasteiger partial charge >= 0.3 is 6.03 Å². The van der Waals surface area contributed by atoms with Crippen molar-refractivity contribution in [2.45, 2.75) is 19.3 Å². The monoisotopic (exact) mass is 330 g/mol. The molecule has 21 heavy (non-hydrogen) atoms. The molecule has 0 saturated heterocycles. The molecule has 2 N–H and O–H groups in total. The molecule has 1 aliphatic rings. The molecule has 0 aromatic heterocycles. The van der Waals surface area contributed by atoms with Crippen molar-refractivity contribution in [3.8, 4) is 0 Å². The fraction of sp³-hybridized carbons (Fsp3) is 0.533. The predicted octanol–water partition coefficient (Wildman–Crippen LogP) is 3.26. The lowest BCUT2D eigenvalue weighted by Crippen LogP contribution is -2.38. The van der Waals surface area contributed by atoms with Crippen LogP contribution in [0.2, 0.25) is 10.0 Å². The number of urea groups is 1. The zero-order valence-electron chi connectivity index (χ0n) is 11.8. The lowest BCUT2D eigenvalue weighted by molar-refractivity contribution is 0.127. The van der Waals surface area contributed by atoms with E-state index in [1.807, 2.05) is 12.1 Å². The molecule has 4 nitrogen and oxygen atoms in total. The zero-order chi connectivity index (χ0) is 15.1. The van der Waals surface area contributed by atoms with Gasteiger partial charge in [-0.1, -0.05) is 23.2 Å². The van der Waals surface area contributed by atoms with Gasteiger partial charge in [0.25, 0.3) is 0 Å². The number of carbonyl (C=O) groups is 1. The van der Waals surface area contributed by atoms with Gasteiger partial charge in [-0.2, -0.15) is 0 Å². The number of hydrogen-bond acceptors (Lipinski definition) is 2. The zero-order valence-corrected chi connectivity index (χ0v) is 13.3. The SMILES string of the molecule is O=C(NCCOCC1CC1)NCCc1cc(Cl)cc(Cl)c1. The molecule has 0 atom stereocenters. The number of rotatable bonds is 8. The quantitative estimate of drug-likeness (QED) is 0.719. The van der Waals surface area contributed by atoms with Gasteiger partial charge in [0.15, 0.2) is 0 Å². The van der Waals surface area contributed by atoms with Crippen molar-refractivity contribution >= 4 is 29.2 Å². The average molecular weight is 331 g/mol. The second-order valence-electron chi connectivity index (χ2n) is 5.23. The highest BCUT2D eigenvalue weighted by atomic mass is 35.5. The maximum atomic E-state index is 11.5. The Morgan fingerprint density at radius 3 is 2.48 bits per heavy atom. The van der Waals surface area contributed by atoms with E-state index in [0.717, 1.165) is 18.1 Å². The standard InChI is InChI=1S/C15H20Cl2N2O2/c16-13-7-12(8-14(17)9-13)3-4-18-15(20)19-5-6-21-10-11-1-2-11/h7-9,11H,1-6,10H2,(H2,18,19,20). The molecular formula is C15H20Cl2N2O2. The van der Waals surface area contributed by atoms with Crippen LogP contribution in [0, 0.1) is 5.92 Å². The van der Waals surface area contributed by atoms with Crippen LogP contribution in [0.4, 0.5) is 4.79 Å². The third kappa shape index (κ3) is 7.02. The van der Waals surface area contributed by atoms with Gasteiger partial charge in [-0.3, -0.25) is 0 Å². The first kappa shape index (κ1) is 16.4. The van der Waals surface area contributed by atoms with E-state index in [1.165, 1.54) is 12.8 Å². The van der Waals surface area contributed by atoms with Gasteiger partial charge < -0.3 is 15.4 Å². The van der Waals surface area contributed by atoms with Crippen molar-refractivity contribution < 1.29 is 9.53 Å². The van der Waals surface area contributed by atoms with E-state index in [0.29, 0.717) is 36.2 Å². The van der Waals surface area contributed by atoms with E-state index in [-0.39, 0.29) is 6.03 Å². The minimum Gasteiger partial charge on any atom is -0.379 e. The maximum Gasteiger partial charge on any atom is 0.314 e. The number of halogens is 2. The summed E-state index contributed by atoms with van der Waals surface area (Å²) >= 11 is 11.8. The summed E-state index contributed by atoms with van der Waals surface area (Å²) in [7, 11) is 0. The fourth-order valence-corrected chi connectivity index (χ4v) is 2.48. The molecule has 2 rings (SSSR count). The highest BCUT2D eigenvalue weighted by Crippen LogP contribution is 2.28. The Hall–Kier alpha value is -0.970. The highest BCUT2D eigenvalue weighted by molar-refractivity contribution is 6.34. The molecule has 0 unspecified atom stereocenters. The number of carbonyl (C=O) groups excluding carboxylic acids is 1. The fourth-order valence-electron chi connectivity index (χ4n) is 1.91. The summed E-state index contributed by atoms with van der Waals surface area (Å²) in [5, 5.41) is 6.76. The summed E-state index contributed by atoms with van der Waals surface area (Å²) in [6, 6.07) is 5.20. The molecule has 0 heterocycles. The van der Waals surface area contributed by atoms with E-state index in [1.54, 1.807) is 6.07 Å². The third-order valence-electron chi connectivity index (χ3n) is 3.20. The Labute approximate surface area is 135 Å². The summed E-state index contributed by atoms with van der Waals surface area (Å²) in [6.07, 6.45) is 3.24. The smallest absolute Gasteiger partial charge is 0.314 e. The van der Waals surface area contributed by atoms with E-state index in [9.17, 15) is 4.79 Å². The lowest BCUT2D eigenvalue weighted by Gasteiger charge is -2.08. The number of benzene rings is 1. The van der Waals surface area contributed by atoms with Crippen LogP contribution in [0.15, 0.2) is 18.2 Å². The number of hydrogen-bond donors (Lipinski definition) is 2. The van der Waals surface area contributed by atoms with Gasteiger partial charge in [0.1, 0.15) is 0 Å². The molecule has 116 valence electrons. The van der Waals surface area contributed by atoms with E-state index >= 15 is 0 Å². The topological polar surface area (TPSA) is 50.4 Å². The van der Waals surface area contributed by atoms with Crippen molar-refractivity contribution in [2.24, 2.45) is 5.92 Å². The van der Waals surface area contributed by atoms with Gasteiger partial charge in [0.2, 0.25) is 0 Å². The molecule has 0 aliphatic heterocycles. The van der Waals surface area contributed by atoms with Gasteiger partial charge in [-0.05, 0) is 48.9 Å². The van der Waals surface area contributed by atoms with E-state index < -0.39 is 0 Å². The Morgan fingerprint density at radius 1 is 1.14 bits per heavy atom. The summed E-state index contributed by atoms with van der Waals surface area (Å²) in [5.74, 6) is 0.753. The third-order valence-corrected chi connectivity index (χ3v) is 3.64. The second-order valence-corrected chi connectivity index (χ2v) is 6.10. The van der Waals surface area contributed by atoms with Crippen molar-refractivity contribution in [1.29, 1.82) is 0 Å². The van der Waals surface area contributed by atoms with Gasteiger partial charge in [0.05, 0.1) is 6.61 Å². The summed E-state index contributed by atoms with van der Waals surface area (Å²) in [6.45, 7) is 2.44. The minimum absolute atomic E-state index is 0.182. The van der Waals surface area contributed by atoms with Crippen LogP contribution in [0.1, 0.15) is 18.4 Å². The van der Waals surface area contributed by atoms with Crippen LogP contribution in [-0.2, 0) is 11.2 Å². The first-order chi connectivity index (χ1) is 10.1. The normalized spacial score (nSPS) is 14.0. The number of ether oxygens (including phenoxy) is 1. The van der Waals surface area contributed by atoms with Gasteiger partial charge in [0, 0.05) is 29.7 Å². The average Bonchev–Trinajstić information content (AvgIpc) is 3.21. The molecule has 0 bridgehead atoms. The molecule has 1 saturated carbocycles. The molecule has 0 spiro atoms. The Balaban J connectivity index is 1.53. The molecule has 1 aromatic rings. The van der Waals surface area contributed by atoms with Crippen molar-refractivity contribution in [3.05, 3.63) is 33.8 Å². The molecule has 1 aliphatic carbocycles. The van der Waals surface area contributed by atoms with Crippen molar-refractivity contribution in [1.82, 2.24) is 10.6 Å². The predicted molar refractivity (Wildman–Crippen MR) is 85.1 cm³/mol. The summed E-state index contributed by atoms with van der Waals surface area (Å²) in [5.41, 5.74) is 1.00. The Kier molecular flexibility index (Phi) is 6.61. The molecule has 1 fully saturated rings. The van der Waals surface area contributed by atoms with Crippen molar-refractivity contribution in [2.75, 3.05) is 26.3 Å². The van der Waals surface area contributed by atoms with Crippen LogP contribution in [0.5, 0.6) is 0 Å². The highest BCUT2D eigenvalue weighted by Gasteiger charge is 2.20. The van der Waals surface area contributed by atoms with E-state index in [4.69, 9.17) is 27.9 Å². The number of amides is 2. The molecular weight excluding hydrogens is 311 g/mol. The molecule has 2 amide bonds. The van der Waals surface area contributed by atoms with Crippen molar-refractivity contribution in [3.63, 3.8) is 0 Å². The molecule has 1 aromatic carbocycles. The Morgan fingerprint density at radius 2 is 1.81 bits per heavy atom. The van der Waals surface area contributed by atoms with Crippen LogP contribution in [0.25, 0.3) is 0 Å². The van der Waals surface area contributed by atoms with Crippen LogP contribution >= 0.6 is 23.2 Å². The van der Waals surface area contributed by atoms with Crippen LogP contribution in [0.3, 0.4) is 0 Å². The molecule has 0 radical (unpaired) electrons. The van der Waals surface area contributed by atoms with Crippen LogP contribution in [-0.4, -0.2) is 32.3 Å². The lowest BCUT2D eigenvalue weighted by atomic mass is 10.1. The van der Waals surface area contributed by atoms with Crippen LogP contribution < -0.4 is 10.6 Å². The Bertz CT molecular complexity index is 458. The largest absolute Gasteiger partial charge is 0.379 e. The minimum atomic E-state index is -0.182. The molecule has 6 heteroatoms. The maximum absolute atomic E-state index is 11.5. The summed E-state index contributed by atoms with van der Waals surface area (Å²) in [4.78, 5) is 11.5. The summed E-state index contributed by atoms with van der Waals surface area (Å²) < 4.78 is 5.44. The first-order valence-corrected chi connectivity index (χ1v) is 7.93. The second kappa shape index (κ2) is 8.47. The number of nitrogens with one attached hydrogen (secondary N) is 2. The van der Waals surface area contributed by atoms with Gasteiger partial charge in [-0.25, -0.2) is 4.79 Å². The van der Waals surface area contributed by atoms with E-state index in [2.05, 4.69) is 10.6 Å². The first-order valence-electron chi connectivity index (χ1n) is 7.18. The van der Waals surface area contributed by atoms with Gasteiger partial charge in [-0.15, -0.1) is 0 Å².